The molecule has 126 valence electrons. The molecule has 0 bridgehead atoms. The molecule has 0 unspecified atom stereocenters. The molecule has 6 heteroatoms. The van der Waals surface area contributed by atoms with Crippen molar-refractivity contribution in [2.75, 3.05) is 5.75 Å². The van der Waals surface area contributed by atoms with Crippen LogP contribution in [0.2, 0.25) is 0 Å². The van der Waals surface area contributed by atoms with Crippen molar-refractivity contribution in [3.05, 3.63) is 70.3 Å². The smallest absolute Gasteiger partial charge is 0.251 e. The first-order valence-electron chi connectivity index (χ1n) is 8.04. The number of rotatable bonds is 4. The first-order valence-corrected chi connectivity index (χ1v) is 9.81. The summed E-state index contributed by atoms with van der Waals surface area (Å²) in [4.78, 5) is 17.2. The van der Waals surface area contributed by atoms with E-state index in [2.05, 4.69) is 37.9 Å². The molecule has 2 aromatic carbocycles. The Morgan fingerprint density at radius 2 is 1.92 bits per heavy atom. The number of aromatic nitrogens is 2. The molecular weight excluding hydrogens is 398 g/mol. The van der Waals surface area contributed by atoms with Gasteiger partial charge in [0.15, 0.2) is 5.16 Å². The zero-order valence-electron chi connectivity index (χ0n) is 13.4. The maximum Gasteiger partial charge on any atom is 0.251 e. The summed E-state index contributed by atoms with van der Waals surface area (Å²) in [5.41, 5.74) is 3.76. The van der Waals surface area contributed by atoms with E-state index in [1.54, 1.807) is 11.8 Å². The third kappa shape index (κ3) is 3.37. The highest BCUT2D eigenvalue weighted by Crippen LogP contribution is 2.33. The number of fused-ring (bicyclic) bond motifs is 1. The van der Waals surface area contributed by atoms with Gasteiger partial charge >= 0.3 is 0 Å². The van der Waals surface area contributed by atoms with E-state index in [-0.39, 0.29) is 5.91 Å². The van der Waals surface area contributed by atoms with Gasteiger partial charge in [0.1, 0.15) is 0 Å². The van der Waals surface area contributed by atoms with Crippen LogP contribution in [0.1, 0.15) is 16.1 Å². The van der Waals surface area contributed by atoms with Gasteiger partial charge in [-0.05, 0) is 24.3 Å². The van der Waals surface area contributed by atoms with Gasteiger partial charge in [0, 0.05) is 27.9 Å². The van der Waals surface area contributed by atoms with Crippen LogP contribution in [0, 0.1) is 0 Å². The Balaban J connectivity index is 1.60. The Morgan fingerprint density at radius 3 is 2.68 bits per heavy atom. The first-order chi connectivity index (χ1) is 12.2. The molecule has 1 aromatic heterocycles. The molecule has 2 heterocycles. The van der Waals surface area contributed by atoms with E-state index >= 15 is 0 Å². The average Bonchev–Trinajstić information content (AvgIpc) is 3.22. The second kappa shape index (κ2) is 7.06. The Morgan fingerprint density at radius 1 is 1.16 bits per heavy atom. The Kier molecular flexibility index (Phi) is 4.63. The standard InChI is InChI=1S/C19H16BrN3OS/c20-15-8-6-14(7-9-15)18(24)21-12-16-17(13-4-2-1-3-5-13)22-19-23(16)10-11-25-19/h1-9H,10-12H2,(H,21,24). The fourth-order valence-electron chi connectivity index (χ4n) is 2.91. The van der Waals surface area contributed by atoms with E-state index < -0.39 is 0 Å². The van der Waals surface area contributed by atoms with Gasteiger partial charge in [-0.25, -0.2) is 4.98 Å². The van der Waals surface area contributed by atoms with E-state index in [1.807, 2.05) is 42.5 Å². The van der Waals surface area contributed by atoms with E-state index in [9.17, 15) is 4.79 Å². The fraction of sp³-hybridized carbons (Fsp3) is 0.158. The van der Waals surface area contributed by atoms with Crippen molar-refractivity contribution in [2.45, 2.75) is 18.2 Å². The Labute approximate surface area is 158 Å². The molecule has 0 spiro atoms. The maximum absolute atomic E-state index is 12.4. The van der Waals surface area contributed by atoms with E-state index in [4.69, 9.17) is 4.98 Å². The molecule has 0 radical (unpaired) electrons. The van der Waals surface area contributed by atoms with Crippen LogP contribution in [0.25, 0.3) is 11.3 Å². The zero-order chi connectivity index (χ0) is 17.2. The SMILES string of the molecule is O=C(NCc1c(-c2ccccc2)nc2n1CCS2)c1ccc(Br)cc1. The molecule has 4 nitrogen and oxygen atoms in total. The highest BCUT2D eigenvalue weighted by atomic mass is 79.9. The predicted octanol–water partition coefficient (Wildman–Crippen LogP) is 4.35. The first kappa shape index (κ1) is 16.4. The number of imidazole rings is 1. The molecule has 25 heavy (non-hydrogen) atoms. The lowest BCUT2D eigenvalue weighted by Crippen LogP contribution is -2.24. The molecule has 0 saturated carbocycles. The van der Waals surface area contributed by atoms with Gasteiger partial charge in [-0.2, -0.15) is 0 Å². The van der Waals surface area contributed by atoms with Gasteiger partial charge in [-0.1, -0.05) is 58.0 Å². The van der Waals surface area contributed by atoms with E-state index in [0.29, 0.717) is 12.1 Å². The number of nitrogens with zero attached hydrogens (tertiary/aromatic N) is 2. The second-order valence-electron chi connectivity index (χ2n) is 5.75. The molecule has 1 aliphatic heterocycles. The average molecular weight is 414 g/mol. The van der Waals surface area contributed by atoms with Crippen molar-refractivity contribution in [2.24, 2.45) is 0 Å². The summed E-state index contributed by atoms with van der Waals surface area (Å²) >= 11 is 5.15. The number of thioether (sulfide) groups is 1. The minimum atomic E-state index is -0.0762. The topological polar surface area (TPSA) is 46.9 Å². The number of hydrogen-bond acceptors (Lipinski definition) is 3. The normalized spacial score (nSPS) is 12.8. The lowest BCUT2D eigenvalue weighted by Gasteiger charge is -2.10. The lowest BCUT2D eigenvalue weighted by atomic mass is 10.1. The number of nitrogens with one attached hydrogen (secondary N) is 1. The number of hydrogen-bond donors (Lipinski definition) is 1. The van der Waals surface area contributed by atoms with Gasteiger partial charge in [-0.3, -0.25) is 4.79 Å². The number of benzene rings is 2. The minimum Gasteiger partial charge on any atom is -0.346 e. The number of carbonyl (C=O) groups is 1. The third-order valence-electron chi connectivity index (χ3n) is 4.15. The van der Waals surface area contributed by atoms with Crippen molar-refractivity contribution in [3.63, 3.8) is 0 Å². The summed E-state index contributed by atoms with van der Waals surface area (Å²) in [5.74, 6) is 0.957. The van der Waals surface area contributed by atoms with Gasteiger partial charge < -0.3 is 9.88 Å². The lowest BCUT2D eigenvalue weighted by molar-refractivity contribution is 0.0950. The van der Waals surface area contributed by atoms with Crippen molar-refractivity contribution in [1.29, 1.82) is 0 Å². The minimum absolute atomic E-state index is 0.0762. The summed E-state index contributed by atoms with van der Waals surface area (Å²) in [6, 6.07) is 17.5. The van der Waals surface area contributed by atoms with Crippen LogP contribution < -0.4 is 5.32 Å². The molecule has 0 aliphatic carbocycles. The highest BCUT2D eigenvalue weighted by Gasteiger charge is 2.22. The van der Waals surface area contributed by atoms with Gasteiger partial charge in [0.05, 0.1) is 17.9 Å². The molecule has 1 N–H and O–H groups in total. The maximum atomic E-state index is 12.4. The predicted molar refractivity (Wildman–Crippen MR) is 104 cm³/mol. The molecule has 0 atom stereocenters. The molecule has 0 fully saturated rings. The largest absolute Gasteiger partial charge is 0.346 e. The highest BCUT2D eigenvalue weighted by molar-refractivity contribution is 9.10. The summed E-state index contributed by atoms with van der Waals surface area (Å²) in [7, 11) is 0. The summed E-state index contributed by atoms with van der Waals surface area (Å²) in [5, 5.41) is 4.07. The van der Waals surface area contributed by atoms with Gasteiger partial charge in [0.2, 0.25) is 0 Å². The van der Waals surface area contributed by atoms with E-state index in [1.165, 1.54) is 0 Å². The van der Waals surface area contributed by atoms with Crippen molar-refractivity contribution < 1.29 is 4.79 Å². The van der Waals surface area contributed by atoms with Crippen LogP contribution in [0.15, 0.2) is 64.2 Å². The monoisotopic (exact) mass is 413 g/mol. The molecule has 1 aliphatic rings. The van der Waals surface area contributed by atoms with Crippen molar-refractivity contribution in [1.82, 2.24) is 14.9 Å². The Bertz CT molecular complexity index is 906. The number of carbonyl (C=O) groups excluding carboxylic acids is 1. The quantitative estimate of drug-likeness (QED) is 0.691. The van der Waals surface area contributed by atoms with Crippen molar-refractivity contribution >= 4 is 33.6 Å². The second-order valence-corrected chi connectivity index (χ2v) is 7.72. The fourth-order valence-corrected chi connectivity index (χ4v) is 4.14. The van der Waals surface area contributed by atoms with Crippen LogP contribution in [0.3, 0.4) is 0 Å². The summed E-state index contributed by atoms with van der Waals surface area (Å²) in [6.07, 6.45) is 0. The molecule has 3 aromatic rings. The molecule has 1 amide bonds. The van der Waals surface area contributed by atoms with Crippen LogP contribution >= 0.6 is 27.7 Å². The summed E-state index contributed by atoms with van der Waals surface area (Å²) in [6.45, 7) is 1.40. The van der Waals surface area contributed by atoms with Crippen molar-refractivity contribution in [3.8, 4) is 11.3 Å². The Hall–Kier alpha value is -2.05. The number of amides is 1. The van der Waals surface area contributed by atoms with Crippen LogP contribution in [-0.4, -0.2) is 21.2 Å². The van der Waals surface area contributed by atoms with E-state index in [0.717, 1.165) is 38.9 Å². The molecule has 4 rings (SSSR count). The van der Waals surface area contributed by atoms with Crippen LogP contribution in [0.4, 0.5) is 0 Å². The third-order valence-corrected chi connectivity index (χ3v) is 5.64. The van der Waals surface area contributed by atoms with Gasteiger partial charge in [-0.15, -0.1) is 0 Å². The summed E-state index contributed by atoms with van der Waals surface area (Å²) < 4.78 is 3.18. The van der Waals surface area contributed by atoms with Crippen LogP contribution in [0.5, 0.6) is 0 Å². The molecule has 0 saturated heterocycles. The zero-order valence-corrected chi connectivity index (χ0v) is 15.8. The molecular formula is C19H16BrN3OS. The number of halogens is 1. The van der Waals surface area contributed by atoms with Gasteiger partial charge in [0.25, 0.3) is 5.91 Å². The van der Waals surface area contributed by atoms with Crippen LogP contribution in [-0.2, 0) is 13.1 Å².